The third-order valence-corrected chi connectivity index (χ3v) is 5.13. The largest absolute Gasteiger partial charge is 0.478 e. The SMILES string of the molecule is O=C(O)c1ccccc1CN1CCC[C@H]1c1ncc(Cc2ccc(F)cc2)o1. The van der Waals surface area contributed by atoms with E-state index in [-0.39, 0.29) is 11.9 Å². The van der Waals surface area contributed by atoms with Crippen LogP contribution in [0.4, 0.5) is 4.39 Å². The van der Waals surface area contributed by atoms with E-state index >= 15 is 0 Å². The van der Waals surface area contributed by atoms with Crippen molar-refractivity contribution in [3.8, 4) is 0 Å². The van der Waals surface area contributed by atoms with Gasteiger partial charge in [0.25, 0.3) is 0 Å². The maximum Gasteiger partial charge on any atom is 0.336 e. The van der Waals surface area contributed by atoms with E-state index in [9.17, 15) is 14.3 Å². The molecule has 0 amide bonds. The molecule has 0 bridgehead atoms. The molecular formula is C22H21FN2O3. The van der Waals surface area contributed by atoms with Crippen molar-refractivity contribution in [2.24, 2.45) is 0 Å². The Morgan fingerprint density at radius 3 is 2.79 bits per heavy atom. The van der Waals surface area contributed by atoms with Gasteiger partial charge in [-0.3, -0.25) is 4.90 Å². The highest BCUT2D eigenvalue weighted by Gasteiger charge is 2.30. The summed E-state index contributed by atoms with van der Waals surface area (Å²) in [6, 6.07) is 13.5. The van der Waals surface area contributed by atoms with Crippen LogP contribution in [-0.2, 0) is 13.0 Å². The highest BCUT2D eigenvalue weighted by atomic mass is 19.1. The molecule has 4 rings (SSSR count). The minimum absolute atomic E-state index is 0.0313. The Morgan fingerprint density at radius 2 is 2.00 bits per heavy atom. The zero-order valence-electron chi connectivity index (χ0n) is 15.3. The van der Waals surface area contributed by atoms with Crippen molar-refractivity contribution in [1.82, 2.24) is 9.88 Å². The lowest BCUT2D eigenvalue weighted by Crippen LogP contribution is -2.24. The van der Waals surface area contributed by atoms with Crippen LogP contribution in [0.5, 0.6) is 0 Å². The summed E-state index contributed by atoms with van der Waals surface area (Å²) < 4.78 is 19.0. The molecule has 1 aromatic heterocycles. The molecule has 3 aromatic rings. The van der Waals surface area contributed by atoms with Crippen LogP contribution in [0.3, 0.4) is 0 Å². The van der Waals surface area contributed by atoms with Gasteiger partial charge in [-0.05, 0) is 48.7 Å². The smallest absolute Gasteiger partial charge is 0.336 e. The minimum atomic E-state index is -0.913. The van der Waals surface area contributed by atoms with Crippen LogP contribution in [0, 0.1) is 5.82 Å². The summed E-state index contributed by atoms with van der Waals surface area (Å²) in [5.41, 5.74) is 2.08. The summed E-state index contributed by atoms with van der Waals surface area (Å²) in [5.74, 6) is 0.219. The number of aromatic nitrogens is 1. The van der Waals surface area contributed by atoms with Crippen LogP contribution < -0.4 is 0 Å². The standard InChI is InChI=1S/C22H21FN2O3/c23-17-9-7-15(8-10-17)12-18-13-24-21(28-18)20-6-3-11-25(20)14-16-4-1-2-5-19(16)22(26)27/h1-2,4-5,7-10,13,20H,3,6,11-12,14H2,(H,26,27)/t20-/m0/s1. The van der Waals surface area contributed by atoms with Gasteiger partial charge >= 0.3 is 5.97 Å². The number of hydrogen-bond acceptors (Lipinski definition) is 4. The summed E-state index contributed by atoms with van der Waals surface area (Å²) in [4.78, 5) is 18.2. The Balaban J connectivity index is 1.49. The summed E-state index contributed by atoms with van der Waals surface area (Å²) >= 11 is 0. The van der Waals surface area contributed by atoms with E-state index in [1.54, 1.807) is 30.5 Å². The molecule has 0 saturated carbocycles. The molecule has 2 heterocycles. The van der Waals surface area contributed by atoms with Gasteiger partial charge in [0.1, 0.15) is 11.6 Å². The molecule has 28 heavy (non-hydrogen) atoms. The fraction of sp³-hybridized carbons (Fsp3) is 0.273. The monoisotopic (exact) mass is 380 g/mol. The first-order valence-electron chi connectivity index (χ1n) is 9.34. The van der Waals surface area contributed by atoms with E-state index in [4.69, 9.17) is 4.42 Å². The fourth-order valence-electron chi connectivity index (χ4n) is 3.74. The van der Waals surface area contributed by atoms with E-state index in [1.165, 1.54) is 12.1 Å². The molecule has 5 nitrogen and oxygen atoms in total. The maximum absolute atomic E-state index is 13.1. The molecule has 1 saturated heterocycles. The summed E-state index contributed by atoms with van der Waals surface area (Å²) in [6.45, 7) is 1.41. The second kappa shape index (κ2) is 7.94. The Morgan fingerprint density at radius 1 is 1.21 bits per heavy atom. The summed E-state index contributed by atoms with van der Waals surface area (Å²) in [6.07, 6.45) is 4.21. The Labute approximate surface area is 162 Å². The van der Waals surface area contributed by atoms with Crippen LogP contribution >= 0.6 is 0 Å². The molecule has 0 unspecified atom stereocenters. The normalized spacial score (nSPS) is 17.1. The molecule has 0 radical (unpaired) electrons. The first-order chi connectivity index (χ1) is 13.6. The Bertz CT molecular complexity index is 968. The van der Waals surface area contributed by atoms with Gasteiger partial charge in [-0.2, -0.15) is 0 Å². The molecule has 144 valence electrons. The number of hydrogen-bond donors (Lipinski definition) is 1. The van der Waals surface area contributed by atoms with Gasteiger partial charge in [0.2, 0.25) is 5.89 Å². The number of halogens is 1. The molecule has 1 atom stereocenters. The van der Waals surface area contributed by atoms with Gasteiger partial charge in [-0.15, -0.1) is 0 Å². The van der Waals surface area contributed by atoms with Crippen molar-refractivity contribution >= 4 is 5.97 Å². The van der Waals surface area contributed by atoms with Gasteiger partial charge in [-0.1, -0.05) is 30.3 Å². The summed E-state index contributed by atoms with van der Waals surface area (Å²) in [7, 11) is 0. The Hall–Kier alpha value is -2.99. The van der Waals surface area contributed by atoms with Crippen molar-refractivity contribution in [3.63, 3.8) is 0 Å². The molecule has 1 aliphatic rings. The van der Waals surface area contributed by atoms with Crippen molar-refractivity contribution in [2.75, 3.05) is 6.54 Å². The average molecular weight is 380 g/mol. The molecule has 6 heteroatoms. The number of carbonyl (C=O) groups is 1. The maximum atomic E-state index is 13.1. The zero-order valence-corrected chi connectivity index (χ0v) is 15.3. The number of nitrogens with zero attached hydrogens (tertiary/aromatic N) is 2. The number of likely N-dealkylation sites (tertiary alicyclic amines) is 1. The predicted molar refractivity (Wildman–Crippen MR) is 101 cm³/mol. The van der Waals surface area contributed by atoms with Crippen LogP contribution in [-0.4, -0.2) is 27.5 Å². The van der Waals surface area contributed by atoms with Crippen molar-refractivity contribution < 1.29 is 18.7 Å². The lowest BCUT2D eigenvalue weighted by atomic mass is 10.1. The van der Waals surface area contributed by atoms with E-state index in [1.807, 2.05) is 12.1 Å². The number of rotatable bonds is 6. The lowest BCUT2D eigenvalue weighted by molar-refractivity contribution is 0.0694. The topological polar surface area (TPSA) is 66.6 Å². The molecule has 2 aromatic carbocycles. The number of carboxylic acid groups (broad SMARTS) is 1. The highest BCUT2D eigenvalue weighted by molar-refractivity contribution is 5.89. The molecule has 0 aliphatic carbocycles. The summed E-state index contributed by atoms with van der Waals surface area (Å²) in [5, 5.41) is 9.41. The van der Waals surface area contributed by atoms with E-state index in [0.29, 0.717) is 24.4 Å². The van der Waals surface area contributed by atoms with Crippen LogP contribution in [0.1, 0.15) is 52.0 Å². The van der Waals surface area contributed by atoms with Gasteiger partial charge in [0.05, 0.1) is 17.8 Å². The molecular weight excluding hydrogens is 359 g/mol. The van der Waals surface area contributed by atoms with Gasteiger partial charge in [-0.25, -0.2) is 14.2 Å². The van der Waals surface area contributed by atoms with Crippen LogP contribution in [0.15, 0.2) is 59.1 Å². The third-order valence-electron chi connectivity index (χ3n) is 5.13. The fourth-order valence-corrected chi connectivity index (χ4v) is 3.74. The minimum Gasteiger partial charge on any atom is -0.478 e. The molecule has 1 aliphatic heterocycles. The number of oxazole rings is 1. The van der Waals surface area contributed by atoms with Gasteiger partial charge < -0.3 is 9.52 Å². The van der Waals surface area contributed by atoms with Gasteiger partial charge in [0, 0.05) is 13.0 Å². The lowest BCUT2D eigenvalue weighted by Gasteiger charge is -2.22. The zero-order chi connectivity index (χ0) is 19.5. The molecule has 1 N–H and O–H groups in total. The van der Waals surface area contributed by atoms with Crippen molar-refractivity contribution in [2.45, 2.75) is 31.8 Å². The number of carboxylic acids is 1. The van der Waals surface area contributed by atoms with E-state index in [2.05, 4.69) is 9.88 Å². The second-order valence-corrected chi connectivity index (χ2v) is 7.06. The van der Waals surface area contributed by atoms with E-state index in [0.717, 1.165) is 36.3 Å². The van der Waals surface area contributed by atoms with E-state index < -0.39 is 5.97 Å². The van der Waals surface area contributed by atoms with Crippen molar-refractivity contribution in [3.05, 3.63) is 88.9 Å². The van der Waals surface area contributed by atoms with Crippen LogP contribution in [0.2, 0.25) is 0 Å². The average Bonchev–Trinajstić information content (AvgIpc) is 3.33. The third kappa shape index (κ3) is 3.97. The van der Waals surface area contributed by atoms with Crippen LogP contribution in [0.25, 0.3) is 0 Å². The number of aromatic carboxylic acids is 1. The first kappa shape index (κ1) is 18.4. The predicted octanol–water partition coefficient (Wildman–Crippen LogP) is 4.44. The molecule has 1 fully saturated rings. The highest BCUT2D eigenvalue weighted by Crippen LogP contribution is 2.33. The van der Waals surface area contributed by atoms with Crippen molar-refractivity contribution in [1.29, 1.82) is 0 Å². The first-order valence-corrected chi connectivity index (χ1v) is 9.34. The van der Waals surface area contributed by atoms with Gasteiger partial charge in [0.15, 0.2) is 0 Å². The number of benzene rings is 2. The Kier molecular flexibility index (Phi) is 5.21. The quantitative estimate of drug-likeness (QED) is 0.685. The second-order valence-electron chi connectivity index (χ2n) is 7.06. The molecule has 0 spiro atoms.